The van der Waals surface area contributed by atoms with Crippen molar-refractivity contribution in [2.24, 2.45) is 17.8 Å². The lowest BCUT2D eigenvalue weighted by Gasteiger charge is -2.26. The summed E-state index contributed by atoms with van der Waals surface area (Å²) in [5, 5.41) is 0. The van der Waals surface area contributed by atoms with Crippen molar-refractivity contribution in [3.05, 3.63) is 12.2 Å². The molecule has 0 spiro atoms. The van der Waals surface area contributed by atoms with Gasteiger partial charge >= 0.3 is 11.9 Å². The zero-order valence-corrected chi connectivity index (χ0v) is 16.9. The Balaban J connectivity index is 4.97. The average Bonchev–Trinajstić information content (AvgIpc) is 2.56. The van der Waals surface area contributed by atoms with Gasteiger partial charge in [0.05, 0.1) is 25.6 Å². The molecule has 0 fully saturated rings. The predicted molar refractivity (Wildman–Crippen MR) is 102 cm³/mol. The van der Waals surface area contributed by atoms with Gasteiger partial charge in [0.1, 0.15) is 0 Å². The lowest BCUT2D eigenvalue weighted by molar-refractivity contribution is -0.156. The van der Waals surface area contributed by atoms with Crippen molar-refractivity contribution in [2.45, 2.75) is 79.6 Å². The fraction of sp³-hybridized carbons (Fsp3) is 0.810. The van der Waals surface area contributed by atoms with Crippen LogP contribution in [0.15, 0.2) is 12.2 Å². The Bertz CT molecular complexity index is 403. The Kier molecular flexibility index (Phi) is 13.2. The molecule has 0 saturated heterocycles. The first-order chi connectivity index (χ1) is 11.9. The molecule has 146 valence electrons. The summed E-state index contributed by atoms with van der Waals surface area (Å²) in [6.07, 6.45) is 6.76. The van der Waals surface area contributed by atoms with Crippen LogP contribution >= 0.6 is 0 Å². The Morgan fingerprint density at radius 1 is 0.920 bits per heavy atom. The Morgan fingerprint density at radius 2 is 1.56 bits per heavy atom. The summed E-state index contributed by atoms with van der Waals surface area (Å²) < 4.78 is 10.3. The molecule has 0 amide bonds. The number of hydrogen-bond donors (Lipinski definition) is 0. The van der Waals surface area contributed by atoms with Crippen LogP contribution in [0.3, 0.4) is 0 Å². The van der Waals surface area contributed by atoms with E-state index in [1.54, 1.807) is 13.8 Å². The van der Waals surface area contributed by atoms with Crippen molar-refractivity contribution in [1.82, 2.24) is 0 Å². The van der Waals surface area contributed by atoms with E-state index in [4.69, 9.17) is 9.47 Å². The highest BCUT2D eigenvalue weighted by Gasteiger charge is 2.32. The van der Waals surface area contributed by atoms with Crippen molar-refractivity contribution in [3.8, 4) is 0 Å². The van der Waals surface area contributed by atoms with Crippen LogP contribution in [-0.4, -0.2) is 25.2 Å². The molecule has 0 aliphatic carbocycles. The summed E-state index contributed by atoms with van der Waals surface area (Å²) >= 11 is 0. The SMILES string of the molecule is C=C(C)C(CCCC(CC)CCC)C(CC(=O)OCC)C(=O)OCC. The molecule has 0 bridgehead atoms. The van der Waals surface area contributed by atoms with Gasteiger partial charge in [0.25, 0.3) is 0 Å². The lowest BCUT2D eigenvalue weighted by atomic mass is 9.80. The zero-order chi connectivity index (χ0) is 19.2. The smallest absolute Gasteiger partial charge is 0.310 e. The number of carbonyl (C=O) groups is 2. The molecule has 0 rings (SSSR count). The van der Waals surface area contributed by atoms with Gasteiger partial charge in [-0.3, -0.25) is 9.59 Å². The van der Waals surface area contributed by atoms with Crippen LogP contribution in [0.5, 0.6) is 0 Å². The quantitative estimate of drug-likeness (QED) is 0.313. The van der Waals surface area contributed by atoms with Gasteiger partial charge in [-0.2, -0.15) is 0 Å². The molecule has 0 aromatic rings. The zero-order valence-electron chi connectivity index (χ0n) is 16.9. The minimum atomic E-state index is -0.497. The van der Waals surface area contributed by atoms with Gasteiger partial charge in [0.2, 0.25) is 0 Å². The summed E-state index contributed by atoms with van der Waals surface area (Å²) in [5.74, 6) is -0.458. The van der Waals surface area contributed by atoms with Gasteiger partial charge in [-0.1, -0.05) is 58.1 Å². The standard InChI is InChI=1S/C21H38O4/c1-7-12-17(8-2)13-11-14-18(16(5)6)19(21(23)25-10-4)15-20(22)24-9-3/h17-19H,5,7-15H2,1-4,6H3. The molecule has 25 heavy (non-hydrogen) atoms. The van der Waals surface area contributed by atoms with Crippen molar-refractivity contribution in [2.75, 3.05) is 13.2 Å². The summed E-state index contributed by atoms with van der Waals surface area (Å²) in [6.45, 7) is 14.6. The molecule has 0 N–H and O–H groups in total. The van der Waals surface area contributed by atoms with E-state index >= 15 is 0 Å². The fourth-order valence-electron chi connectivity index (χ4n) is 3.42. The van der Waals surface area contributed by atoms with E-state index in [1.165, 1.54) is 19.3 Å². The highest BCUT2D eigenvalue weighted by Crippen LogP contribution is 2.31. The first kappa shape index (κ1) is 23.7. The highest BCUT2D eigenvalue weighted by molar-refractivity contribution is 5.80. The summed E-state index contributed by atoms with van der Waals surface area (Å²) in [4.78, 5) is 24.4. The third-order valence-electron chi connectivity index (χ3n) is 4.80. The summed E-state index contributed by atoms with van der Waals surface area (Å²) in [5.41, 5.74) is 0.936. The second-order valence-electron chi connectivity index (χ2n) is 6.81. The summed E-state index contributed by atoms with van der Waals surface area (Å²) in [6, 6.07) is 0. The van der Waals surface area contributed by atoms with Crippen molar-refractivity contribution in [1.29, 1.82) is 0 Å². The van der Waals surface area contributed by atoms with E-state index in [1.807, 2.05) is 6.92 Å². The highest BCUT2D eigenvalue weighted by atomic mass is 16.5. The van der Waals surface area contributed by atoms with Crippen LogP contribution < -0.4 is 0 Å². The van der Waals surface area contributed by atoms with Gasteiger partial charge < -0.3 is 9.47 Å². The molecule has 4 nitrogen and oxygen atoms in total. The van der Waals surface area contributed by atoms with Gasteiger partial charge in [0, 0.05) is 0 Å². The Labute approximate surface area is 154 Å². The number of esters is 2. The second-order valence-corrected chi connectivity index (χ2v) is 6.81. The lowest BCUT2D eigenvalue weighted by Crippen LogP contribution is -2.30. The Hall–Kier alpha value is -1.32. The van der Waals surface area contributed by atoms with E-state index in [-0.39, 0.29) is 24.3 Å². The molecule has 3 unspecified atom stereocenters. The van der Waals surface area contributed by atoms with Crippen molar-refractivity contribution >= 4 is 11.9 Å². The van der Waals surface area contributed by atoms with Crippen LogP contribution in [0, 0.1) is 17.8 Å². The molecule has 0 aliphatic rings. The van der Waals surface area contributed by atoms with E-state index in [0.717, 1.165) is 30.8 Å². The number of allylic oxidation sites excluding steroid dienone is 1. The fourth-order valence-corrected chi connectivity index (χ4v) is 3.42. The largest absolute Gasteiger partial charge is 0.466 e. The number of ether oxygens (including phenoxy) is 2. The second kappa shape index (κ2) is 13.9. The van der Waals surface area contributed by atoms with Crippen molar-refractivity contribution < 1.29 is 19.1 Å². The summed E-state index contributed by atoms with van der Waals surface area (Å²) in [7, 11) is 0. The minimum Gasteiger partial charge on any atom is -0.466 e. The maximum Gasteiger partial charge on any atom is 0.310 e. The third kappa shape index (κ3) is 9.66. The van der Waals surface area contributed by atoms with Gasteiger partial charge in [-0.05, 0) is 39.0 Å². The van der Waals surface area contributed by atoms with Gasteiger partial charge in [-0.15, -0.1) is 0 Å². The molecule has 0 aromatic carbocycles. The van der Waals surface area contributed by atoms with Gasteiger partial charge in [0.15, 0.2) is 0 Å². The molecule has 0 radical (unpaired) electrons. The van der Waals surface area contributed by atoms with E-state index in [2.05, 4.69) is 20.4 Å². The predicted octanol–water partition coefficient (Wildman–Crippen LogP) is 5.31. The minimum absolute atomic E-state index is 0.0393. The van der Waals surface area contributed by atoms with Crippen molar-refractivity contribution in [3.63, 3.8) is 0 Å². The van der Waals surface area contributed by atoms with Crippen LogP contribution in [0.25, 0.3) is 0 Å². The van der Waals surface area contributed by atoms with E-state index in [0.29, 0.717) is 13.2 Å². The maximum absolute atomic E-state index is 12.4. The number of carbonyl (C=O) groups excluding carboxylic acids is 2. The topological polar surface area (TPSA) is 52.6 Å². The molecular formula is C21H38O4. The van der Waals surface area contributed by atoms with Crippen LogP contribution in [0.2, 0.25) is 0 Å². The Morgan fingerprint density at radius 3 is 2.04 bits per heavy atom. The molecule has 4 heteroatoms. The van der Waals surface area contributed by atoms with Crippen LogP contribution in [-0.2, 0) is 19.1 Å². The van der Waals surface area contributed by atoms with E-state index < -0.39 is 5.92 Å². The first-order valence-electron chi connectivity index (χ1n) is 9.88. The van der Waals surface area contributed by atoms with E-state index in [9.17, 15) is 9.59 Å². The molecular weight excluding hydrogens is 316 g/mol. The third-order valence-corrected chi connectivity index (χ3v) is 4.80. The van der Waals surface area contributed by atoms with Crippen LogP contribution in [0.1, 0.15) is 79.6 Å². The number of rotatable bonds is 14. The maximum atomic E-state index is 12.4. The molecule has 0 heterocycles. The molecule has 0 aromatic heterocycles. The monoisotopic (exact) mass is 354 g/mol. The molecule has 3 atom stereocenters. The first-order valence-corrected chi connectivity index (χ1v) is 9.88. The van der Waals surface area contributed by atoms with Crippen LogP contribution in [0.4, 0.5) is 0 Å². The average molecular weight is 355 g/mol. The number of hydrogen-bond acceptors (Lipinski definition) is 4. The van der Waals surface area contributed by atoms with Gasteiger partial charge in [-0.25, -0.2) is 0 Å². The molecule has 0 saturated carbocycles. The molecule has 0 aliphatic heterocycles. The normalized spacial score (nSPS) is 14.4.